The summed E-state index contributed by atoms with van der Waals surface area (Å²) in [6.45, 7) is 4.62. The summed E-state index contributed by atoms with van der Waals surface area (Å²) in [5.74, 6) is -2.07. The van der Waals surface area contributed by atoms with E-state index in [2.05, 4.69) is 5.32 Å². The van der Waals surface area contributed by atoms with Gasteiger partial charge >= 0.3 is 0 Å². The molecule has 1 aromatic carbocycles. The third-order valence-corrected chi connectivity index (χ3v) is 2.29. The summed E-state index contributed by atoms with van der Waals surface area (Å²) in [5.41, 5.74) is 0.510. The summed E-state index contributed by atoms with van der Waals surface area (Å²) in [6.07, 6.45) is 0.0596. The number of halogens is 2. The second-order valence-electron chi connectivity index (χ2n) is 3.95. The van der Waals surface area contributed by atoms with Crippen LogP contribution >= 0.6 is 0 Å². The Labute approximate surface area is 105 Å². The van der Waals surface area contributed by atoms with Crippen molar-refractivity contribution in [2.45, 2.75) is 32.9 Å². The highest BCUT2D eigenvalue weighted by Crippen LogP contribution is 2.24. The molecule has 0 spiro atoms. The Bertz CT molecular complexity index is 420. The number of rotatable bonds is 6. The first-order valence-electron chi connectivity index (χ1n) is 5.83. The molecule has 1 rings (SSSR count). The third kappa shape index (κ3) is 3.97. The molecule has 1 unspecified atom stereocenters. The fraction of sp³-hybridized carbons (Fsp3) is 0.462. The van der Waals surface area contributed by atoms with E-state index in [1.165, 1.54) is 19.1 Å². The normalized spacial score (nSPS) is 11.9. The first-order valence-corrected chi connectivity index (χ1v) is 5.83. The monoisotopic (exact) mass is 254 g/mol. The molecule has 0 saturated carbocycles. The number of hydrogen-bond donors (Lipinski definition) is 1. The molecule has 0 aromatic heterocycles. The van der Waals surface area contributed by atoms with Crippen molar-refractivity contribution >= 4 is 0 Å². The summed E-state index contributed by atoms with van der Waals surface area (Å²) in [5, 5.41) is 11.6. The number of ether oxygens (including phenoxy) is 1. The molecule has 1 aromatic rings. The molecule has 0 aliphatic carbocycles. The number of nitrogens with zero attached hydrogens (tertiary/aromatic N) is 1. The molecule has 0 saturated heterocycles. The van der Waals surface area contributed by atoms with Gasteiger partial charge in [0.1, 0.15) is 6.07 Å². The molecule has 1 atom stereocenters. The highest BCUT2D eigenvalue weighted by atomic mass is 19.1. The fourth-order valence-corrected chi connectivity index (χ4v) is 1.44. The first kappa shape index (κ1) is 14.4. The highest BCUT2D eigenvalue weighted by molar-refractivity contribution is 5.31. The Morgan fingerprint density at radius 2 is 2.00 bits per heavy atom. The van der Waals surface area contributed by atoms with Crippen LogP contribution in [-0.4, -0.2) is 12.6 Å². The molecule has 98 valence electrons. The molecule has 0 aliphatic heterocycles. The lowest BCUT2D eigenvalue weighted by Gasteiger charge is -2.11. The van der Waals surface area contributed by atoms with E-state index in [0.717, 1.165) is 13.0 Å². The van der Waals surface area contributed by atoms with Gasteiger partial charge in [0.25, 0.3) is 0 Å². The quantitative estimate of drug-likeness (QED) is 0.794. The van der Waals surface area contributed by atoms with E-state index in [-0.39, 0.29) is 0 Å². The summed E-state index contributed by atoms with van der Waals surface area (Å²) in [4.78, 5) is 0. The van der Waals surface area contributed by atoms with Crippen molar-refractivity contribution in [3.63, 3.8) is 0 Å². The Kier molecular flexibility index (Phi) is 5.53. The largest absolute Gasteiger partial charge is 0.470 e. The van der Waals surface area contributed by atoms with Crippen LogP contribution in [0.3, 0.4) is 0 Å². The molecular weight excluding hydrogens is 238 g/mol. The molecular formula is C13H16F2N2O. The maximum atomic E-state index is 13.6. The van der Waals surface area contributed by atoms with Gasteiger partial charge in [-0.3, -0.25) is 0 Å². The van der Waals surface area contributed by atoms with Crippen molar-refractivity contribution in [1.82, 2.24) is 5.32 Å². The van der Waals surface area contributed by atoms with E-state index in [1.807, 2.05) is 6.92 Å². The lowest BCUT2D eigenvalue weighted by atomic mass is 10.2. The molecule has 0 amide bonds. The topological polar surface area (TPSA) is 45.0 Å². The van der Waals surface area contributed by atoms with E-state index < -0.39 is 23.5 Å². The van der Waals surface area contributed by atoms with E-state index in [4.69, 9.17) is 10.00 Å². The van der Waals surface area contributed by atoms with E-state index in [0.29, 0.717) is 12.1 Å². The second-order valence-corrected chi connectivity index (χ2v) is 3.95. The van der Waals surface area contributed by atoms with Crippen LogP contribution in [0.5, 0.6) is 5.75 Å². The average Bonchev–Trinajstić information content (AvgIpc) is 2.34. The minimum atomic E-state index is -0.891. The molecule has 0 aliphatic rings. The Hall–Kier alpha value is -1.67. The zero-order chi connectivity index (χ0) is 13.5. The lowest BCUT2D eigenvalue weighted by molar-refractivity contribution is 0.249. The van der Waals surface area contributed by atoms with Gasteiger partial charge in [-0.25, -0.2) is 8.78 Å². The van der Waals surface area contributed by atoms with Gasteiger partial charge in [0.05, 0.1) is 0 Å². The summed E-state index contributed by atoms with van der Waals surface area (Å²) < 4.78 is 32.1. The van der Waals surface area contributed by atoms with Crippen molar-refractivity contribution in [2.24, 2.45) is 0 Å². The Morgan fingerprint density at radius 3 is 2.50 bits per heavy atom. The van der Waals surface area contributed by atoms with Crippen molar-refractivity contribution in [1.29, 1.82) is 5.26 Å². The van der Waals surface area contributed by atoms with Crippen LogP contribution in [-0.2, 0) is 6.54 Å². The minimum Gasteiger partial charge on any atom is -0.470 e. The number of nitrogens with one attached hydrogen (secondary N) is 1. The van der Waals surface area contributed by atoms with E-state index >= 15 is 0 Å². The first-order chi connectivity index (χ1) is 8.58. The number of benzene rings is 1. The van der Waals surface area contributed by atoms with Crippen molar-refractivity contribution in [3.8, 4) is 11.8 Å². The van der Waals surface area contributed by atoms with Crippen LogP contribution in [0.4, 0.5) is 8.78 Å². The average molecular weight is 254 g/mol. The molecule has 0 heterocycles. The Balaban J connectivity index is 2.81. The fourth-order valence-electron chi connectivity index (χ4n) is 1.44. The maximum absolute atomic E-state index is 13.6. The smallest absolute Gasteiger partial charge is 0.192 e. The van der Waals surface area contributed by atoms with Gasteiger partial charge in [-0.15, -0.1) is 0 Å². The Morgan fingerprint density at radius 1 is 1.39 bits per heavy atom. The van der Waals surface area contributed by atoms with Gasteiger partial charge in [-0.05, 0) is 37.6 Å². The summed E-state index contributed by atoms with van der Waals surface area (Å²) in [7, 11) is 0. The maximum Gasteiger partial charge on any atom is 0.192 e. The van der Waals surface area contributed by atoms with Gasteiger partial charge in [0, 0.05) is 6.54 Å². The van der Waals surface area contributed by atoms with Gasteiger partial charge in [-0.2, -0.15) is 5.26 Å². The second kappa shape index (κ2) is 6.92. The molecule has 3 nitrogen and oxygen atoms in total. The van der Waals surface area contributed by atoms with Crippen LogP contribution in [0, 0.1) is 23.0 Å². The van der Waals surface area contributed by atoms with E-state index in [9.17, 15) is 8.78 Å². The summed E-state index contributed by atoms with van der Waals surface area (Å²) in [6, 6.07) is 4.18. The molecule has 0 fully saturated rings. The minimum absolute atomic E-state index is 0.399. The SMILES string of the molecule is CCCNCc1cc(F)c(OC(C)C#N)c(F)c1. The molecule has 18 heavy (non-hydrogen) atoms. The van der Waals surface area contributed by atoms with Crippen molar-refractivity contribution in [3.05, 3.63) is 29.3 Å². The highest BCUT2D eigenvalue weighted by Gasteiger charge is 2.15. The van der Waals surface area contributed by atoms with Crippen LogP contribution in [0.15, 0.2) is 12.1 Å². The predicted molar refractivity (Wildman–Crippen MR) is 64.1 cm³/mol. The van der Waals surface area contributed by atoms with Gasteiger partial charge in [0.15, 0.2) is 23.5 Å². The van der Waals surface area contributed by atoms with Crippen LogP contribution in [0.25, 0.3) is 0 Å². The van der Waals surface area contributed by atoms with Crippen molar-refractivity contribution in [2.75, 3.05) is 6.54 Å². The van der Waals surface area contributed by atoms with Crippen LogP contribution in [0.1, 0.15) is 25.8 Å². The number of hydrogen-bond acceptors (Lipinski definition) is 3. The van der Waals surface area contributed by atoms with Gasteiger partial charge in [0.2, 0.25) is 0 Å². The zero-order valence-electron chi connectivity index (χ0n) is 10.5. The van der Waals surface area contributed by atoms with Gasteiger partial charge in [-0.1, -0.05) is 6.92 Å². The molecule has 0 radical (unpaired) electrons. The lowest BCUT2D eigenvalue weighted by Crippen LogP contribution is -2.15. The zero-order valence-corrected chi connectivity index (χ0v) is 10.5. The van der Waals surface area contributed by atoms with Crippen LogP contribution in [0.2, 0.25) is 0 Å². The molecule has 0 bridgehead atoms. The van der Waals surface area contributed by atoms with Crippen LogP contribution < -0.4 is 10.1 Å². The molecule has 5 heteroatoms. The summed E-state index contributed by atoms with van der Waals surface area (Å²) >= 11 is 0. The third-order valence-electron chi connectivity index (χ3n) is 2.29. The van der Waals surface area contributed by atoms with Gasteiger partial charge < -0.3 is 10.1 Å². The predicted octanol–water partition coefficient (Wildman–Crippen LogP) is 2.76. The standard InChI is InChI=1S/C13H16F2N2O/c1-3-4-17-8-10-5-11(14)13(12(15)6-10)18-9(2)7-16/h5-6,9,17H,3-4,8H2,1-2H3. The van der Waals surface area contributed by atoms with Crippen molar-refractivity contribution < 1.29 is 13.5 Å². The van der Waals surface area contributed by atoms with E-state index in [1.54, 1.807) is 6.07 Å². The molecule has 1 N–H and O–H groups in total. The number of nitriles is 1.